The maximum absolute atomic E-state index is 13.0. The number of hydrazine groups is 1. The van der Waals surface area contributed by atoms with Gasteiger partial charge in [0.25, 0.3) is 5.91 Å². The number of aryl methyl sites for hydroxylation is 1. The van der Waals surface area contributed by atoms with E-state index in [0.717, 1.165) is 50.4 Å². The van der Waals surface area contributed by atoms with Crippen LogP contribution in [-0.2, 0) is 0 Å². The molecule has 4 rings (SSSR count). The minimum Gasteiger partial charge on any atom is -0.381 e. The molecule has 3 N–H and O–H groups in total. The highest BCUT2D eigenvalue weighted by Crippen LogP contribution is 2.33. The number of fused-ring (bicyclic) bond motifs is 2. The van der Waals surface area contributed by atoms with Crippen molar-refractivity contribution < 1.29 is 4.79 Å². The lowest BCUT2D eigenvalue weighted by Crippen LogP contribution is -2.52. The van der Waals surface area contributed by atoms with Gasteiger partial charge in [-0.15, -0.1) is 0 Å². The molecule has 9 heteroatoms. The molecule has 1 amide bonds. The fraction of sp³-hybridized carbons (Fsp3) is 0.400. The standard InChI is InChI=1S/C20H24ClN7O/c1-3-5-23-19-17-15(12(2)14(21)11-25-17)26-16-13(4-6-24-18(16)19)20(29)27-28-9-7-22-8-10-28/h4,6,11,22H,3,5,7-10H2,1-2H3,(H,23,26)(H,27,29). The first-order chi connectivity index (χ1) is 14.1. The molecule has 152 valence electrons. The van der Waals surface area contributed by atoms with Gasteiger partial charge in [0.1, 0.15) is 16.6 Å². The molecule has 1 aliphatic rings. The topological polar surface area (TPSA) is 95.1 Å². The summed E-state index contributed by atoms with van der Waals surface area (Å²) in [5.41, 5.74) is 7.63. The van der Waals surface area contributed by atoms with Crippen molar-refractivity contribution in [1.29, 1.82) is 0 Å². The Labute approximate surface area is 174 Å². The van der Waals surface area contributed by atoms with E-state index < -0.39 is 0 Å². The Kier molecular flexibility index (Phi) is 5.75. The number of amides is 1. The molecule has 0 radical (unpaired) electrons. The zero-order valence-corrected chi connectivity index (χ0v) is 17.3. The lowest BCUT2D eigenvalue weighted by atomic mass is 10.1. The molecule has 0 aliphatic carbocycles. The number of carbonyl (C=O) groups is 1. The number of carbonyl (C=O) groups excluding carboxylic acids is 1. The number of halogens is 1. The van der Waals surface area contributed by atoms with E-state index in [4.69, 9.17) is 16.6 Å². The molecule has 1 fully saturated rings. The van der Waals surface area contributed by atoms with Crippen LogP contribution in [0, 0.1) is 6.92 Å². The number of rotatable bonds is 5. The Balaban J connectivity index is 1.86. The van der Waals surface area contributed by atoms with Crippen molar-refractivity contribution in [2.45, 2.75) is 20.3 Å². The van der Waals surface area contributed by atoms with Gasteiger partial charge < -0.3 is 10.6 Å². The Morgan fingerprint density at radius 1 is 1.21 bits per heavy atom. The zero-order valence-electron chi connectivity index (χ0n) is 16.5. The zero-order chi connectivity index (χ0) is 20.4. The molecule has 0 spiro atoms. The number of anilines is 1. The van der Waals surface area contributed by atoms with Gasteiger partial charge in [0, 0.05) is 45.1 Å². The van der Waals surface area contributed by atoms with E-state index in [9.17, 15) is 4.79 Å². The van der Waals surface area contributed by atoms with Gasteiger partial charge in [-0.3, -0.25) is 20.2 Å². The lowest BCUT2D eigenvalue weighted by Gasteiger charge is -2.27. The predicted molar refractivity (Wildman–Crippen MR) is 115 cm³/mol. The molecule has 0 bridgehead atoms. The van der Waals surface area contributed by atoms with E-state index in [0.29, 0.717) is 32.7 Å². The molecular weight excluding hydrogens is 390 g/mol. The first-order valence-corrected chi connectivity index (χ1v) is 10.2. The fourth-order valence-corrected chi connectivity index (χ4v) is 3.58. The third kappa shape index (κ3) is 3.83. The van der Waals surface area contributed by atoms with E-state index in [1.807, 2.05) is 11.9 Å². The molecule has 29 heavy (non-hydrogen) atoms. The van der Waals surface area contributed by atoms with E-state index >= 15 is 0 Å². The second-order valence-electron chi connectivity index (χ2n) is 7.08. The molecule has 3 aromatic heterocycles. The third-order valence-corrected chi connectivity index (χ3v) is 5.42. The summed E-state index contributed by atoms with van der Waals surface area (Å²) in [6.07, 6.45) is 4.22. The summed E-state index contributed by atoms with van der Waals surface area (Å²) in [5, 5.41) is 9.15. The van der Waals surface area contributed by atoms with Crippen molar-refractivity contribution >= 4 is 45.3 Å². The minimum atomic E-state index is -0.194. The average molecular weight is 414 g/mol. The predicted octanol–water partition coefficient (Wildman–Crippen LogP) is 2.51. The van der Waals surface area contributed by atoms with Crippen LogP contribution in [0.1, 0.15) is 29.3 Å². The van der Waals surface area contributed by atoms with Crippen LogP contribution in [0.4, 0.5) is 5.69 Å². The van der Waals surface area contributed by atoms with Crippen molar-refractivity contribution in [2.75, 3.05) is 38.0 Å². The lowest BCUT2D eigenvalue weighted by molar-refractivity contribution is 0.0766. The SMILES string of the molecule is CCCNc1c2nccc(C(=O)NN3CCNCC3)c2nc2c(C)c(Cl)cnc12. The summed E-state index contributed by atoms with van der Waals surface area (Å²) in [4.78, 5) is 26.8. The first-order valence-electron chi connectivity index (χ1n) is 9.84. The number of piperazine rings is 1. The summed E-state index contributed by atoms with van der Waals surface area (Å²) in [6.45, 7) is 7.96. The highest BCUT2D eigenvalue weighted by molar-refractivity contribution is 6.32. The normalized spacial score (nSPS) is 15.0. The fourth-order valence-electron chi connectivity index (χ4n) is 3.44. The van der Waals surface area contributed by atoms with Gasteiger partial charge >= 0.3 is 0 Å². The van der Waals surface area contributed by atoms with Gasteiger partial charge in [-0.1, -0.05) is 18.5 Å². The quantitative estimate of drug-likeness (QED) is 0.553. The molecule has 0 aromatic carbocycles. The summed E-state index contributed by atoms with van der Waals surface area (Å²) >= 11 is 6.30. The van der Waals surface area contributed by atoms with Crippen LogP contribution in [0.2, 0.25) is 5.02 Å². The molecular formula is C20H24ClN7O. The second kappa shape index (κ2) is 8.44. The highest BCUT2D eigenvalue weighted by Gasteiger charge is 2.21. The van der Waals surface area contributed by atoms with Crippen LogP contribution in [0.5, 0.6) is 0 Å². The van der Waals surface area contributed by atoms with Crippen LogP contribution >= 0.6 is 11.6 Å². The van der Waals surface area contributed by atoms with Crippen molar-refractivity contribution in [3.05, 3.63) is 34.6 Å². The van der Waals surface area contributed by atoms with Crippen LogP contribution in [0.3, 0.4) is 0 Å². The number of aromatic nitrogens is 3. The molecule has 0 saturated carbocycles. The number of nitrogens with zero attached hydrogens (tertiary/aromatic N) is 4. The summed E-state index contributed by atoms with van der Waals surface area (Å²) in [7, 11) is 0. The molecule has 8 nitrogen and oxygen atoms in total. The molecule has 0 atom stereocenters. The highest BCUT2D eigenvalue weighted by atomic mass is 35.5. The van der Waals surface area contributed by atoms with Gasteiger partial charge in [-0.25, -0.2) is 9.99 Å². The number of pyridine rings is 3. The van der Waals surface area contributed by atoms with Crippen molar-refractivity contribution in [1.82, 2.24) is 30.7 Å². The molecule has 1 aliphatic heterocycles. The molecule has 1 saturated heterocycles. The Morgan fingerprint density at radius 3 is 2.72 bits per heavy atom. The summed E-state index contributed by atoms with van der Waals surface area (Å²) in [6, 6.07) is 1.70. The Morgan fingerprint density at radius 2 is 1.97 bits per heavy atom. The number of hydrogen-bond acceptors (Lipinski definition) is 7. The van der Waals surface area contributed by atoms with Crippen molar-refractivity contribution in [3.8, 4) is 0 Å². The molecule has 4 heterocycles. The Hall–Kier alpha value is -2.55. The first kappa shape index (κ1) is 19.8. The van der Waals surface area contributed by atoms with Crippen molar-refractivity contribution in [2.24, 2.45) is 0 Å². The average Bonchev–Trinajstić information content (AvgIpc) is 2.74. The maximum Gasteiger partial charge on any atom is 0.267 e. The molecule has 0 unspecified atom stereocenters. The summed E-state index contributed by atoms with van der Waals surface area (Å²) < 4.78 is 0. The largest absolute Gasteiger partial charge is 0.381 e. The van der Waals surface area contributed by atoms with E-state index in [1.54, 1.807) is 18.5 Å². The van der Waals surface area contributed by atoms with E-state index in [2.05, 4.69) is 33.0 Å². The van der Waals surface area contributed by atoms with Gasteiger partial charge in [0.15, 0.2) is 0 Å². The van der Waals surface area contributed by atoms with Crippen LogP contribution in [-0.4, -0.2) is 58.6 Å². The third-order valence-electron chi connectivity index (χ3n) is 5.04. The number of nitrogens with one attached hydrogen (secondary N) is 3. The van der Waals surface area contributed by atoms with Gasteiger partial charge in [0.2, 0.25) is 0 Å². The Bertz CT molecular complexity index is 1070. The van der Waals surface area contributed by atoms with Gasteiger partial charge in [0.05, 0.1) is 21.8 Å². The van der Waals surface area contributed by atoms with E-state index in [-0.39, 0.29) is 5.91 Å². The van der Waals surface area contributed by atoms with Gasteiger partial charge in [-0.05, 0) is 25.0 Å². The van der Waals surface area contributed by atoms with Crippen LogP contribution in [0.15, 0.2) is 18.5 Å². The smallest absolute Gasteiger partial charge is 0.267 e. The second-order valence-corrected chi connectivity index (χ2v) is 7.48. The maximum atomic E-state index is 13.0. The van der Waals surface area contributed by atoms with Crippen LogP contribution < -0.4 is 16.1 Å². The van der Waals surface area contributed by atoms with Gasteiger partial charge in [-0.2, -0.15) is 0 Å². The number of hydrogen-bond donors (Lipinski definition) is 3. The summed E-state index contributed by atoms with van der Waals surface area (Å²) in [5.74, 6) is -0.194. The minimum absolute atomic E-state index is 0.194. The van der Waals surface area contributed by atoms with Crippen LogP contribution in [0.25, 0.3) is 22.1 Å². The molecule has 3 aromatic rings. The van der Waals surface area contributed by atoms with Crippen molar-refractivity contribution in [3.63, 3.8) is 0 Å². The van der Waals surface area contributed by atoms with E-state index in [1.165, 1.54) is 0 Å². The monoisotopic (exact) mass is 413 g/mol.